The number of aromatic nitrogens is 1. The van der Waals surface area contributed by atoms with Crippen molar-refractivity contribution in [1.82, 2.24) is 15.6 Å². The van der Waals surface area contributed by atoms with E-state index < -0.39 is 0 Å². The Hall–Kier alpha value is -2.56. The van der Waals surface area contributed by atoms with E-state index in [1.807, 2.05) is 18.2 Å². The van der Waals surface area contributed by atoms with E-state index in [2.05, 4.69) is 64.0 Å². The molecule has 5 heteroatoms. The van der Waals surface area contributed by atoms with Crippen LogP contribution in [0.25, 0.3) is 0 Å². The second-order valence-electron chi connectivity index (χ2n) is 5.90. The first kappa shape index (κ1) is 18.8. The standard InChI is InChI=1S/C20H29N5/c1-3-21-20(25-16-18-11-5-4-10-17(18)2)24-15-9-8-14-23-19-12-6-7-13-22-19/h4-7,10-13H,3,8-9,14-16H2,1-2H3,(H,22,23)(H2,21,24,25). The smallest absolute Gasteiger partial charge is 0.191 e. The van der Waals surface area contributed by atoms with Crippen molar-refractivity contribution in [1.29, 1.82) is 0 Å². The van der Waals surface area contributed by atoms with E-state index in [0.29, 0.717) is 6.54 Å². The lowest BCUT2D eigenvalue weighted by atomic mass is 10.1. The second-order valence-corrected chi connectivity index (χ2v) is 5.90. The largest absolute Gasteiger partial charge is 0.370 e. The predicted molar refractivity (Wildman–Crippen MR) is 106 cm³/mol. The molecule has 0 aliphatic rings. The molecule has 0 radical (unpaired) electrons. The summed E-state index contributed by atoms with van der Waals surface area (Å²) >= 11 is 0. The molecule has 134 valence electrons. The molecule has 0 spiro atoms. The number of nitrogens with one attached hydrogen (secondary N) is 3. The van der Waals surface area contributed by atoms with Crippen LogP contribution in [0.5, 0.6) is 0 Å². The predicted octanol–water partition coefficient (Wildman–Crippen LogP) is 3.34. The van der Waals surface area contributed by atoms with Crippen molar-refractivity contribution in [3.63, 3.8) is 0 Å². The van der Waals surface area contributed by atoms with Gasteiger partial charge in [0.15, 0.2) is 5.96 Å². The Kier molecular flexibility index (Phi) is 8.32. The first-order valence-corrected chi connectivity index (χ1v) is 9.01. The van der Waals surface area contributed by atoms with Crippen molar-refractivity contribution in [3.05, 3.63) is 59.8 Å². The topological polar surface area (TPSA) is 61.3 Å². The first-order valence-electron chi connectivity index (χ1n) is 9.01. The van der Waals surface area contributed by atoms with E-state index in [9.17, 15) is 0 Å². The summed E-state index contributed by atoms with van der Waals surface area (Å²) in [7, 11) is 0. The maximum atomic E-state index is 4.68. The number of benzene rings is 1. The van der Waals surface area contributed by atoms with Crippen molar-refractivity contribution in [2.24, 2.45) is 4.99 Å². The van der Waals surface area contributed by atoms with E-state index >= 15 is 0 Å². The van der Waals surface area contributed by atoms with Gasteiger partial charge in [-0.25, -0.2) is 9.98 Å². The monoisotopic (exact) mass is 339 g/mol. The van der Waals surface area contributed by atoms with Crippen LogP contribution in [0.4, 0.5) is 5.82 Å². The average molecular weight is 339 g/mol. The zero-order valence-electron chi connectivity index (χ0n) is 15.3. The Morgan fingerprint density at radius 1 is 1.00 bits per heavy atom. The van der Waals surface area contributed by atoms with Crippen LogP contribution in [-0.4, -0.2) is 30.6 Å². The number of aryl methyl sites for hydroxylation is 1. The van der Waals surface area contributed by atoms with Crippen molar-refractivity contribution in [2.75, 3.05) is 25.0 Å². The highest BCUT2D eigenvalue weighted by Gasteiger charge is 1.99. The van der Waals surface area contributed by atoms with Gasteiger partial charge in [0.2, 0.25) is 0 Å². The van der Waals surface area contributed by atoms with E-state index in [1.54, 1.807) is 6.20 Å². The Balaban J connectivity index is 1.68. The van der Waals surface area contributed by atoms with Crippen LogP contribution in [0.15, 0.2) is 53.7 Å². The number of guanidine groups is 1. The molecule has 1 aromatic carbocycles. The average Bonchev–Trinajstić information content (AvgIpc) is 2.64. The van der Waals surface area contributed by atoms with Gasteiger partial charge < -0.3 is 16.0 Å². The van der Waals surface area contributed by atoms with Crippen LogP contribution in [-0.2, 0) is 6.54 Å². The number of unbranched alkanes of at least 4 members (excludes halogenated alkanes) is 1. The molecular formula is C20H29N5. The molecule has 1 aromatic heterocycles. The number of hydrogen-bond donors (Lipinski definition) is 3. The lowest BCUT2D eigenvalue weighted by molar-refractivity contribution is 0.712. The zero-order chi connectivity index (χ0) is 17.7. The van der Waals surface area contributed by atoms with Crippen LogP contribution in [0.2, 0.25) is 0 Å². The third kappa shape index (κ3) is 7.25. The SMILES string of the molecule is CCNC(=NCc1ccccc1C)NCCCCNc1ccccn1. The van der Waals surface area contributed by atoms with Gasteiger partial charge in [0.05, 0.1) is 6.54 Å². The summed E-state index contributed by atoms with van der Waals surface area (Å²) in [5, 5.41) is 10.0. The Morgan fingerprint density at radius 3 is 2.56 bits per heavy atom. The van der Waals surface area contributed by atoms with E-state index in [4.69, 9.17) is 0 Å². The van der Waals surface area contributed by atoms with Gasteiger partial charge in [-0.2, -0.15) is 0 Å². The molecule has 0 saturated heterocycles. The van der Waals surface area contributed by atoms with Crippen molar-refractivity contribution >= 4 is 11.8 Å². The number of anilines is 1. The lowest BCUT2D eigenvalue weighted by Gasteiger charge is -2.12. The van der Waals surface area contributed by atoms with Gasteiger partial charge in [0, 0.05) is 25.8 Å². The highest BCUT2D eigenvalue weighted by Crippen LogP contribution is 2.07. The number of nitrogens with zero attached hydrogens (tertiary/aromatic N) is 2. The lowest BCUT2D eigenvalue weighted by Crippen LogP contribution is -2.37. The first-order chi connectivity index (χ1) is 12.3. The summed E-state index contributed by atoms with van der Waals surface area (Å²) in [6.07, 6.45) is 3.97. The summed E-state index contributed by atoms with van der Waals surface area (Å²) in [6, 6.07) is 14.3. The van der Waals surface area contributed by atoms with E-state index in [0.717, 1.165) is 44.3 Å². The van der Waals surface area contributed by atoms with Gasteiger partial charge in [-0.1, -0.05) is 30.3 Å². The summed E-state index contributed by atoms with van der Waals surface area (Å²) in [6.45, 7) is 7.60. The molecule has 0 amide bonds. The summed E-state index contributed by atoms with van der Waals surface area (Å²) in [5.41, 5.74) is 2.54. The van der Waals surface area contributed by atoms with Crippen molar-refractivity contribution < 1.29 is 0 Å². The third-order valence-corrected chi connectivity index (χ3v) is 3.88. The fourth-order valence-corrected chi connectivity index (χ4v) is 2.43. The molecule has 2 rings (SSSR count). The molecule has 0 aliphatic heterocycles. The van der Waals surface area contributed by atoms with Gasteiger partial charge in [-0.05, 0) is 49.9 Å². The fourth-order valence-electron chi connectivity index (χ4n) is 2.43. The van der Waals surface area contributed by atoms with Crippen LogP contribution < -0.4 is 16.0 Å². The van der Waals surface area contributed by atoms with Crippen LogP contribution in [0.3, 0.4) is 0 Å². The van der Waals surface area contributed by atoms with Crippen molar-refractivity contribution in [3.8, 4) is 0 Å². The zero-order valence-corrected chi connectivity index (χ0v) is 15.3. The third-order valence-electron chi connectivity index (χ3n) is 3.88. The molecule has 5 nitrogen and oxygen atoms in total. The minimum atomic E-state index is 0.698. The summed E-state index contributed by atoms with van der Waals surface area (Å²) in [4.78, 5) is 8.93. The van der Waals surface area contributed by atoms with Crippen LogP contribution in [0, 0.1) is 6.92 Å². The minimum Gasteiger partial charge on any atom is -0.370 e. The van der Waals surface area contributed by atoms with Gasteiger partial charge in [-0.15, -0.1) is 0 Å². The molecule has 0 aliphatic carbocycles. The molecule has 0 unspecified atom stereocenters. The molecule has 0 atom stereocenters. The molecule has 0 bridgehead atoms. The molecular weight excluding hydrogens is 310 g/mol. The Morgan fingerprint density at radius 2 is 1.80 bits per heavy atom. The molecule has 2 aromatic rings. The van der Waals surface area contributed by atoms with Crippen molar-refractivity contribution in [2.45, 2.75) is 33.2 Å². The Labute approximate surface area is 151 Å². The summed E-state index contributed by atoms with van der Waals surface area (Å²) in [5.74, 6) is 1.81. The van der Waals surface area contributed by atoms with Gasteiger partial charge in [0.25, 0.3) is 0 Å². The maximum absolute atomic E-state index is 4.68. The van der Waals surface area contributed by atoms with Crippen LogP contribution >= 0.6 is 0 Å². The molecule has 3 N–H and O–H groups in total. The van der Waals surface area contributed by atoms with Gasteiger partial charge in [0.1, 0.15) is 5.82 Å². The highest BCUT2D eigenvalue weighted by molar-refractivity contribution is 5.79. The fraction of sp³-hybridized carbons (Fsp3) is 0.400. The minimum absolute atomic E-state index is 0.698. The molecule has 0 saturated carbocycles. The quantitative estimate of drug-likeness (QED) is 0.372. The maximum Gasteiger partial charge on any atom is 0.191 e. The number of rotatable bonds is 9. The molecule has 0 fully saturated rings. The number of pyridine rings is 1. The second kappa shape index (κ2) is 11.1. The Bertz CT molecular complexity index is 640. The molecule has 1 heterocycles. The van der Waals surface area contributed by atoms with Gasteiger partial charge in [-0.3, -0.25) is 0 Å². The van der Waals surface area contributed by atoms with E-state index in [-0.39, 0.29) is 0 Å². The van der Waals surface area contributed by atoms with Crippen LogP contribution in [0.1, 0.15) is 30.9 Å². The number of aliphatic imine (C=N–C) groups is 1. The number of hydrogen-bond acceptors (Lipinski definition) is 3. The highest BCUT2D eigenvalue weighted by atomic mass is 15.2. The molecule has 25 heavy (non-hydrogen) atoms. The summed E-state index contributed by atoms with van der Waals surface area (Å²) < 4.78 is 0. The van der Waals surface area contributed by atoms with E-state index in [1.165, 1.54) is 11.1 Å². The van der Waals surface area contributed by atoms with Gasteiger partial charge >= 0.3 is 0 Å². The normalized spacial score (nSPS) is 11.2.